The Morgan fingerprint density at radius 2 is 1.83 bits per heavy atom. The Bertz CT molecular complexity index is 1230. The van der Waals surface area contributed by atoms with Crippen LogP contribution in [0.1, 0.15) is 19.4 Å². The highest BCUT2D eigenvalue weighted by Crippen LogP contribution is 2.35. The molecule has 1 atom stereocenters. The lowest BCUT2D eigenvalue weighted by Crippen LogP contribution is -2.44. The highest BCUT2D eigenvalue weighted by molar-refractivity contribution is 7.89. The molecule has 0 amide bonds. The predicted octanol–water partition coefficient (Wildman–Crippen LogP) is 3.44. The third-order valence-electron chi connectivity index (χ3n) is 4.42. The van der Waals surface area contributed by atoms with E-state index in [-0.39, 0.29) is 10.8 Å². The summed E-state index contributed by atoms with van der Waals surface area (Å²) in [4.78, 5) is 11.4. The highest BCUT2D eigenvalue weighted by atomic mass is 32.2. The summed E-state index contributed by atoms with van der Waals surface area (Å²) < 4.78 is 34.4. The number of carboxylic acid groups (broad SMARTS) is 1. The molecule has 0 spiro atoms. The molecule has 3 aromatic rings. The van der Waals surface area contributed by atoms with Crippen molar-refractivity contribution in [2.24, 2.45) is 5.92 Å². The normalized spacial score (nSPS) is 12.8. The highest BCUT2D eigenvalue weighted by Gasteiger charge is 2.28. The smallest absolute Gasteiger partial charge is 0.322 e. The first kappa shape index (κ1) is 21.3. The van der Waals surface area contributed by atoms with Crippen LogP contribution in [0.4, 0.5) is 0 Å². The van der Waals surface area contributed by atoms with Crippen molar-refractivity contribution in [1.29, 1.82) is 0 Å². The molecule has 0 aliphatic rings. The quantitative estimate of drug-likeness (QED) is 0.583. The van der Waals surface area contributed by atoms with Gasteiger partial charge in [-0.2, -0.15) is 4.72 Å². The molecule has 0 fully saturated rings. The fourth-order valence-corrected chi connectivity index (χ4v) is 5.54. The monoisotopic (exact) mass is 431 g/mol. The van der Waals surface area contributed by atoms with E-state index in [9.17, 15) is 18.3 Å². The Morgan fingerprint density at radius 1 is 1.17 bits per heavy atom. The average Bonchev–Trinajstić information content (AvgIpc) is 3.03. The van der Waals surface area contributed by atoms with Gasteiger partial charge in [-0.1, -0.05) is 37.8 Å². The largest absolute Gasteiger partial charge is 0.480 e. The van der Waals surface area contributed by atoms with Gasteiger partial charge < -0.3 is 9.84 Å². The number of hydrogen-bond acceptors (Lipinski definition) is 5. The molecule has 0 aliphatic carbocycles. The Balaban J connectivity index is 2.00. The molecular formula is C21H21NO5S2. The van der Waals surface area contributed by atoms with Crippen molar-refractivity contribution >= 4 is 47.5 Å². The third-order valence-corrected chi connectivity index (χ3v) is 6.97. The molecule has 8 heteroatoms. The van der Waals surface area contributed by atoms with Crippen molar-refractivity contribution < 1.29 is 23.1 Å². The van der Waals surface area contributed by atoms with Gasteiger partial charge in [-0.3, -0.25) is 4.79 Å². The molecule has 1 heterocycles. The fraction of sp³-hybridized carbons (Fsp3) is 0.286. The van der Waals surface area contributed by atoms with E-state index in [1.807, 2.05) is 18.2 Å². The zero-order chi connectivity index (χ0) is 21.2. The van der Waals surface area contributed by atoms with Crippen molar-refractivity contribution in [3.63, 3.8) is 0 Å². The van der Waals surface area contributed by atoms with Crippen LogP contribution in [0.5, 0.6) is 0 Å². The number of carbonyl (C=O) groups is 1. The summed E-state index contributed by atoms with van der Waals surface area (Å²) in [5.74, 6) is 4.36. The van der Waals surface area contributed by atoms with Gasteiger partial charge in [0.15, 0.2) is 0 Å². The van der Waals surface area contributed by atoms with E-state index >= 15 is 0 Å². The molecule has 6 nitrogen and oxygen atoms in total. The van der Waals surface area contributed by atoms with Crippen LogP contribution in [0.15, 0.2) is 41.3 Å². The molecule has 0 saturated carbocycles. The minimum absolute atomic E-state index is 0.0450. The van der Waals surface area contributed by atoms with E-state index in [4.69, 9.17) is 4.74 Å². The molecule has 2 N–H and O–H groups in total. The summed E-state index contributed by atoms with van der Waals surface area (Å²) in [7, 11) is -2.37. The fourth-order valence-electron chi connectivity index (χ4n) is 2.92. The van der Waals surface area contributed by atoms with Crippen molar-refractivity contribution in [1.82, 2.24) is 4.72 Å². The molecule has 1 aromatic heterocycles. The Labute approximate surface area is 173 Å². The average molecular weight is 432 g/mol. The van der Waals surface area contributed by atoms with E-state index in [0.717, 1.165) is 25.7 Å². The number of thiophene rings is 1. The number of sulfonamides is 1. The van der Waals surface area contributed by atoms with Crippen LogP contribution in [-0.4, -0.2) is 39.3 Å². The number of hydrogen-bond donors (Lipinski definition) is 2. The van der Waals surface area contributed by atoms with E-state index in [1.54, 1.807) is 33.1 Å². The Kier molecular flexibility index (Phi) is 6.24. The summed E-state index contributed by atoms with van der Waals surface area (Å²) in [6.45, 7) is 3.67. The molecule has 0 radical (unpaired) electrons. The maximum absolute atomic E-state index is 12.7. The predicted molar refractivity (Wildman–Crippen MR) is 115 cm³/mol. The topological polar surface area (TPSA) is 92.7 Å². The van der Waals surface area contributed by atoms with Crippen LogP contribution >= 0.6 is 11.3 Å². The van der Waals surface area contributed by atoms with E-state index in [2.05, 4.69) is 16.6 Å². The first-order valence-electron chi connectivity index (χ1n) is 8.92. The number of ether oxygens (including phenoxy) is 1. The van der Waals surface area contributed by atoms with Gasteiger partial charge in [0.05, 0.1) is 4.90 Å². The van der Waals surface area contributed by atoms with Crippen LogP contribution in [0.3, 0.4) is 0 Å². The molecule has 0 aliphatic heterocycles. The minimum Gasteiger partial charge on any atom is -0.480 e. The minimum atomic E-state index is -3.96. The summed E-state index contributed by atoms with van der Waals surface area (Å²) in [6, 6.07) is 9.50. The van der Waals surface area contributed by atoms with Crippen LogP contribution in [0.25, 0.3) is 20.2 Å². The summed E-state index contributed by atoms with van der Waals surface area (Å²) in [5, 5.41) is 11.2. The van der Waals surface area contributed by atoms with Crippen LogP contribution in [0.2, 0.25) is 0 Å². The molecule has 2 aromatic carbocycles. The Hall–Kier alpha value is -2.44. The van der Waals surface area contributed by atoms with Gasteiger partial charge in [-0.25, -0.2) is 8.42 Å². The number of benzene rings is 2. The molecule has 0 saturated heterocycles. The molecule has 152 valence electrons. The van der Waals surface area contributed by atoms with E-state index in [0.29, 0.717) is 6.61 Å². The standard InChI is InChI=1S/C21H21NO5S2/c1-13(2)20(21(23)24)22-29(25,26)15-7-9-17-16-8-6-14(5-4-10-27-3)11-18(16)28-19(17)12-15/h6-9,11-13,20,22H,10H2,1-3H3,(H,23,24)/t20-/m0/s1. The van der Waals surface area contributed by atoms with Gasteiger partial charge >= 0.3 is 5.97 Å². The Morgan fingerprint density at radius 3 is 2.45 bits per heavy atom. The molecule has 0 bridgehead atoms. The lowest BCUT2D eigenvalue weighted by molar-refractivity contribution is -0.140. The lowest BCUT2D eigenvalue weighted by Gasteiger charge is -2.18. The number of aliphatic carboxylic acids is 1. The molecule has 3 rings (SSSR count). The number of rotatable bonds is 6. The maximum Gasteiger partial charge on any atom is 0.322 e. The first-order valence-corrected chi connectivity index (χ1v) is 11.2. The number of carboxylic acids is 1. The number of methoxy groups -OCH3 is 1. The van der Waals surface area contributed by atoms with Gasteiger partial charge in [0.25, 0.3) is 0 Å². The van der Waals surface area contributed by atoms with E-state index < -0.39 is 22.0 Å². The third kappa shape index (κ3) is 4.60. The lowest BCUT2D eigenvalue weighted by atomic mass is 10.1. The SMILES string of the molecule is COCC#Cc1ccc2c(c1)sc1cc(S(=O)(=O)N[C@H](C(=O)O)C(C)C)ccc12. The second-order valence-corrected chi connectivity index (χ2v) is 9.68. The molecular weight excluding hydrogens is 410 g/mol. The first-order chi connectivity index (χ1) is 13.7. The zero-order valence-corrected chi connectivity index (χ0v) is 17.9. The van der Waals surface area contributed by atoms with Crippen LogP contribution in [-0.2, 0) is 19.6 Å². The van der Waals surface area contributed by atoms with Gasteiger partial charge in [0, 0.05) is 32.8 Å². The van der Waals surface area contributed by atoms with Gasteiger partial charge in [-0.05, 0) is 30.2 Å². The summed E-state index contributed by atoms with van der Waals surface area (Å²) >= 11 is 1.47. The summed E-state index contributed by atoms with van der Waals surface area (Å²) in [6.07, 6.45) is 0. The molecule has 29 heavy (non-hydrogen) atoms. The second-order valence-electron chi connectivity index (χ2n) is 6.89. The van der Waals surface area contributed by atoms with Crippen molar-refractivity contribution in [2.75, 3.05) is 13.7 Å². The van der Waals surface area contributed by atoms with Crippen LogP contribution < -0.4 is 4.72 Å². The zero-order valence-electron chi connectivity index (χ0n) is 16.2. The second kappa shape index (κ2) is 8.51. The summed E-state index contributed by atoms with van der Waals surface area (Å²) in [5.41, 5.74) is 0.858. The number of fused-ring (bicyclic) bond motifs is 3. The van der Waals surface area contributed by atoms with E-state index in [1.165, 1.54) is 17.4 Å². The van der Waals surface area contributed by atoms with Crippen molar-refractivity contribution in [3.8, 4) is 11.8 Å². The number of nitrogens with one attached hydrogen (secondary N) is 1. The maximum atomic E-state index is 12.7. The van der Waals surface area contributed by atoms with Gasteiger partial charge in [0.1, 0.15) is 12.6 Å². The molecule has 0 unspecified atom stereocenters. The van der Waals surface area contributed by atoms with Gasteiger partial charge in [0.2, 0.25) is 10.0 Å². The van der Waals surface area contributed by atoms with Crippen molar-refractivity contribution in [3.05, 3.63) is 42.0 Å². The van der Waals surface area contributed by atoms with Crippen molar-refractivity contribution in [2.45, 2.75) is 24.8 Å². The van der Waals surface area contributed by atoms with Gasteiger partial charge in [-0.15, -0.1) is 11.3 Å². The van der Waals surface area contributed by atoms with Crippen LogP contribution in [0, 0.1) is 17.8 Å².